The molecule has 6 heteroatoms. The molecule has 2 aromatic rings. The lowest BCUT2D eigenvalue weighted by atomic mass is 10.1. The Hall–Kier alpha value is -2.34. The monoisotopic (exact) mass is 360 g/mol. The molecule has 22 heavy (non-hydrogen) atoms. The van der Waals surface area contributed by atoms with E-state index in [1.165, 1.54) is 0 Å². The van der Waals surface area contributed by atoms with Crippen molar-refractivity contribution in [2.24, 2.45) is 5.10 Å². The number of hydrazone groups is 1. The van der Waals surface area contributed by atoms with Crippen LogP contribution in [-0.4, -0.2) is 25.3 Å². The van der Waals surface area contributed by atoms with Crippen LogP contribution in [0.1, 0.15) is 15.9 Å². The van der Waals surface area contributed by atoms with E-state index < -0.39 is 0 Å². The number of nitrogens with zero attached hydrogens (tertiary/aromatic N) is 1. The van der Waals surface area contributed by atoms with Gasteiger partial charge in [-0.3, -0.25) is 4.79 Å². The van der Waals surface area contributed by atoms with E-state index in [-0.39, 0.29) is 5.91 Å². The predicted molar refractivity (Wildman–Crippen MR) is 86.6 cm³/mol. The van der Waals surface area contributed by atoms with Crippen molar-refractivity contribution in [3.63, 3.8) is 0 Å². The van der Waals surface area contributed by atoms with Gasteiger partial charge in [0.15, 0.2) is 11.5 Å². The number of halogens is 1. The summed E-state index contributed by atoms with van der Waals surface area (Å²) >= 11 is 3.36. The molecule has 2 aromatic carbocycles. The maximum atomic E-state index is 12.2. The van der Waals surface area contributed by atoms with Gasteiger partial charge in [0, 0.05) is 4.47 Å². The quantitative estimate of drug-likeness (QED) is 0.676. The van der Waals surface area contributed by atoms with Gasteiger partial charge in [-0.1, -0.05) is 34.1 Å². The van der Waals surface area contributed by atoms with Gasteiger partial charge in [-0.2, -0.15) is 5.10 Å². The highest BCUT2D eigenvalue weighted by Crippen LogP contribution is 2.33. The van der Waals surface area contributed by atoms with E-state index in [0.717, 1.165) is 10.0 Å². The molecule has 0 saturated carbocycles. The minimum Gasteiger partial charge on any atom is -0.486 e. The van der Waals surface area contributed by atoms with E-state index in [1.54, 1.807) is 24.4 Å². The molecule has 0 saturated heterocycles. The zero-order valence-corrected chi connectivity index (χ0v) is 13.2. The summed E-state index contributed by atoms with van der Waals surface area (Å²) < 4.78 is 11.9. The molecule has 3 rings (SSSR count). The highest BCUT2D eigenvalue weighted by atomic mass is 79.9. The van der Waals surface area contributed by atoms with Gasteiger partial charge in [-0.05, 0) is 29.8 Å². The van der Waals surface area contributed by atoms with Crippen molar-refractivity contribution < 1.29 is 14.3 Å². The number of fused-ring (bicyclic) bond motifs is 1. The number of carbonyl (C=O) groups is 1. The Balaban J connectivity index is 1.71. The molecule has 112 valence electrons. The van der Waals surface area contributed by atoms with Gasteiger partial charge >= 0.3 is 0 Å². The van der Waals surface area contributed by atoms with Crippen LogP contribution in [-0.2, 0) is 0 Å². The summed E-state index contributed by atoms with van der Waals surface area (Å²) in [6.45, 7) is 0.916. The molecule has 0 spiro atoms. The first-order valence-corrected chi connectivity index (χ1v) is 7.51. The fourth-order valence-electron chi connectivity index (χ4n) is 2.03. The number of carbonyl (C=O) groups excluding carboxylic acids is 1. The molecule has 0 unspecified atom stereocenters. The third-order valence-electron chi connectivity index (χ3n) is 3.06. The lowest BCUT2D eigenvalue weighted by molar-refractivity contribution is 0.0944. The van der Waals surface area contributed by atoms with Crippen molar-refractivity contribution in [1.29, 1.82) is 0 Å². The van der Waals surface area contributed by atoms with Crippen LogP contribution in [0.3, 0.4) is 0 Å². The summed E-state index contributed by atoms with van der Waals surface area (Å²) in [4.78, 5) is 12.2. The van der Waals surface area contributed by atoms with Crippen molar-refractivity contribution >= 4 is 28.1 Å². The Morgan fingerprint density at radius 3 is 2.73 bits per heavy atom. The Morgan fingerprint density at radius 1 is 1.14 bits per heavy atom. The molecular formula is C16H13BrN2O3. The van der Waals surface area contributed by atoms with Crippen LogP contribution in [0, 0.1) is 0 Å². The van der Waals surface area contributed by atoms with Crippen LogP contribution in [0.25, 0.3) is 0 Å². The highest BCUT2D eigenvalue weighted by molar-refractivity contribution is 9.10. The van der Waals surface area contributed by atoms with Crippen LogP contribution in [0.15, 0.2) is 52.0 Å². The Morgan fingerprint density at radius 2 is 1.91 bits per heavy atom. The normalized spacial score (nSPS) is 13.1. The lowest BCUT2D eigenvalue weighted by Crippen LogP contribution is -2.22. The molecular weight excluding hydrogens is 348 g/mol. The second kappa shape index (κ2) is 6.62. The van der Waals surface area contributed by atoms with Gasteiger partial charge in [-0.15, -0.1) is 0 Å². The SMILES string of the molecule is O=C(N/N=C\c1ccc(Br)cc1)c1cccc2c1OCCO2. The fraction of sp³-hybridized carbons (Fsp3) is 0.125. The van der Waals surface area contributed by atoms with Gasteiger partial charge in [-0.25, -0.2) is 5.43 Å². The van der Waals surface area contributed by atoms with Gasteiger partial charge in [0.05, 0.1) is 11.8 Å². The first kappa shape index (κ1) is 14.6. The van der Waals surface area contributed by atoms with E-state index in [2.05, 4.69) is 26.5 Å². The highest BCUT2D eigenvalue weighted by Gasteiger charge is 2.19. The van der Waals surface area contributed by atoms with Crippen molar-refractivity contribution in [2.45, 2.75) is 0 Å². The molecule has 0 aromatic heterocycles. The smallest absolute Gasteiger partial charge is 0.275 e. The number of amides is 1. The summed E-state index contributed by atoms with van der Waals surface area (Å²) in [7, 11) is 0. The van der Waals surface area contributed by atoms with E-state index in [4.69, 9.17) is 9.47 Å². The molecule has 1 amide bonds. The Labute approximate surface area is 136 Å². The number of para-hydroxylation sites is 1. The molecule has 0 atom stereocenters. The molecule has 0 fully saturated rings. The second-order valence-corrected chi connectivity index (χ2v) is 5.50. The lowest BCUT2D eigenvalue weighted by Gasteiger charge is -2.20. The number of benzene rings is 2. The average molecular weight is 361 g/mol. The van der Waals surface area contributed by atoms with Gasteiger partial charge in [0.2, 0.25) is 0 Å². The molecule has 0 radical (unpaired) electrons. The number of ether oxygens (including phenoxy) is 2. The second-order valence-electron chi connectivity index (χ2n) is 4.58. The average Bonchev–Trinajstić information content (AvgIpc) is 2.56. The van der Waals surface area contributed by atoms with E-state index in [0.29, 0.717) is 30.3 Å². The first-order valence-electron chi connectivity index (χ1n) is 6.71. The van der Waals surface area contributed by atoms with Crippen LogP contribution < -0.4 is 14.9 Å². The van der Waals surface area contributed by atoms with Crippen LogP contribution in [0.5, 0.6) is 11.5 Å². The van der Waals surface area contributed by atoms with Crippen molar-refractivity contribution in [3.05, 3.63) is 58.1 Å². The third kappa shape index (κ3) is 3.28. The Kier molecular flexibility index (Phi) is 4.39. The molecule has 1 aliphatic rings. The van der Waals surface area contributed by atoms with Gasteiger partial charge in [0.25, 0.3) is 5.91 Å². The number of hydrogen-bond donors (Lipinski definition) is 1. The number of nitrogens with one attached hydrogen (secondary N) is 1. The van der Waals surface area contributed by atoms with Gasteiger partial charge in [0.1, 0.15) is 13.2 Å². The molecule has 1 N–H and O–H groups in total. The van der Waals surface area contributed by atoms with Crippen molar-refractivity contribution in [2.75, 3.05) is 13.2 Å². The topological polar surface area (TPSA) is 59.9 Å². The van der Waals surface area contributed by atoms with Gasteiger partial charge < -0.3 is 9.47 Å². The standard InChI is InChI=1S/C16H13BrN2O3/c17-12-6-4-11(5-7-12)10-18-19-16(20)13-2-1-3-14-15(13)22-9-8-21-14/h1-7,10H,8-9H2,(H,19,20)/b18-10-. The molecule has 1 heterocycles. The number of rotatable bonds is 3. The summed E-state index contributed by atoms with van der Waals surface area (Å²) in [5.74, 6) is 0.705. The van der Waals surface area contributed by atoms with Crippen LogP contribution in [0.2, 0.25) is 0 Å². The minimum atomic E-state index is -0.337. The largest absolute Gasteiger partial charge is 0.486 e. The molecule has 1 aliphatic heterocycles. The maximum Gasteiger partial charge on any atom is 0.275 e. The summed E-state index contributed by atoms with van der Waals surface area (Å²) in [6, 6.07) is 12.8. The van der Waals surface area contributed by atoms with E-state index >= 15 is 0 Å². The zero-order valence-electron chi connectivity index (χ0n) is 11.6. The van der Waals surface area contributed by atoms with Crippen molar-refractivity contribution in [1.82, 2.24) is 5.43 Å². The summed E-state index contributed by atoms with van der Waals surface area (Å²) in [6.07, 6.45) is 1.58. The zero-order chi connectivity index (χ0) is 15.4. The first-order chi connectivity index (χ1) is 10.7. The van der Waals surface area contributed by atoms with Crippen LogP contribution >= 0.6 is 15.9 Å². The summed E-state index contributed by atoms with van der Waals surface area (Å²) in [5, 5.41) is 3.96. The maximum absolute atomic E-state index is 12.2. The van der Waals surface area contributed by atoms with E-state index in [9.17, 15) is 4.79 Å². The fourth-order valence-corrected chi connectivity index (χ4v) is 2.29. The third-order valence-corrected chi connectivity index (χ3v) is 3.59. The Bertz CT molecular complexity index is 714. The molecule has 5 nitrogen and oxygen atoms in total. The minimum absolute atomic E-state index is 0.337. The van der Waals surface area contributed by atoms with E-state index in [1.807, 2.05) is 24.3 Å². The van der Waals surface area contributed by atoms with Crippen molar-refractivity contribution in [3.8, 4) is 11.5 Å². The predicted octanol–water partition coefficient (Wildman–Crippen LogP) is 2.98. The summed E-state index contributed by atoms with van der Waals surface area (Å²) in [5.41, 5.74) is 3.79. The van der Waals surface area contributed by atoms with Crippen LogP contribution in [0.4, 0.5) is 0 Å². The number of hydrogen-bond acceptors (Lipinski definition) is 4. The molecule has 0 bridgehead atoms. The molecule has 0 aliphatic carbocycles.